The molecule has 0 spiro atoms. The van der Waals surface area contributed by atoms with E-state index >= 15 is 0 Å². The van der Waals surface area contributed by atoms with Gasteiger partial charge in [0, 0.05) is 5.75 Å². The molecular weight excluding hydrogens is 226 g/mol. The molecule has 4 nitrogen and oxygen atoms in total. The van der Waals surface area contributed by atoms with Crippen molar-refractivity contribution in [3.05, 3.63) is 0 Å². The van der Waals surface area contributed by atoms with Crippen LogP contribution in [0.15, 0.2) is 0 Å². The zero-order chi connectivity index (χ0) is 12.3. The van der Waals surface area contributed by atoms with Gasteiger partial charge in [0.2, 0.25) is 0 Å². The van der Waals surface area contributed by atoms with Crippen LogP contribution in [0.4, 0.5) is 0 Å². The van der Waals surface area contributed by atoms with Gasteiger partial charge in [-0.1, -0.05) is 19.8 Å². The Balaban J connectivity index is 2.96. The Morgan fingerprint density at radius 2 is 2.12 bits per heavy atom. The maximum atomic E-state index is 11.8. The number of amides is 1. The highest BCUT2D eigenvalue weighted by molar-refractivity contribution is 8.00. The number of thioether (sulfide) groups is 1. The standard InChI is InChI=1S/C11H15NO3S/c1-4-5-9(13)12-8(11(14)15)6-16-10(12)7(2)3/h7-8,10H,6H2,1-3H3,(H,14,15). The lowest BCUT2D eigenvalue weighted by Crippen LogP contribution is -2.46. The molecule has 2 unspecified atom stereocenters. The van der Waals surface area contributed by atoms with Gasteiger partial charge in [0.15, 0.2) is 0 Å². The fraction of sp³-hybridized carbons (Fsp3) is 0.636. The topological polar surface area (TPSA) is 57.6 Å². The molecule has 1 aliphatic rings. The molecule has 1 heterocycles. The fourth-order valence-electron chi connectivity index (χ4n) is 1.66. The van der Waals surface area contributed by atoms with Gasteiger partial charge in [0.1, 0.15) is 6.04 Å². The summed E-state index contributed by atoms with van der Waals surface area (Å²) in [7, 11) is 0. The molecular formula is C11H15NO3S. The number of aliphatic carboxylic acids is 1. The molecule has 0 radical (unpaired) electrons. The van der Waals surface area contributed by atoms with Crippen molar-refractivity contribution < 1.29 is 14.7 Å². The molecule has 0 aromatic heterocycles. The summed E-state index contributed by atoms with van der Waals surface area (Å²) < 4.78 is 0. The van der Waals surface area contributed by atoms with E-state index in [1.54, 1.807) is 6.92 Å². The number of nitrogens with zero attached hydrogens (tertiary/aromatic N) is 1. The monoisotopic (exact) mass is 241 g/mol. The quantitative estimate of drug-likeness (QED) is 0.733. The van der Waals surface area contributed by atoms with E-state index in [4.69, 9.17) is 5.11 Å². The van der Waals surface area contributed by atoms with Gasteiger partial charge < -0.3 is 10.0 Å². The van der Waals surface area contributed by atoms with E-state index in [0.717, 1.165) is 0 Å². The smallest absolute Gasteiger partial charge is 0.327 e. The Morgan fingerprint density at radius 3 is 2.56 bits per heavy atom. The highest BCUT2D eigenvalue weighted by Crippen LogP contribution is 2.33. The van der Waals surface area contributed by atoms with Gasteiger partial charge in [-0.2, -0.15) is 0 Å². The van der Waals surface area contributed by atoms with Crippen LogP contribution in [0.2, 0.25) is 0 Å². The predicted molar refractivity (Wildman–Crippen MR) is 62.8 cm³/mol. The van der Waals surface area contributed by atoms with Gasteiger partial charge in [-0.15, -0.1) is 11.8 Å². The van der Waals surface area contributed by atoms with Gasteiger partial charge in [0.25, 0.3) is 5.91 Å². The molecule has 0 aromatic rings. The zero-order valence-corrected chi connectivity index (χ0v) is 10.4. The Labute approximate surface area is 99.4 Å². The number of rotatable bonds is 2. The summed E-state index contributed by atoms with van der Waals surface area (Å²) in [5.74, 6) is 4.25. The summed E-state index contributed by atoms with van der Waals surface area (Å²) in [6.07, 6.45) is 0. The van der Waals surface area contributed by atoms with Gasteiger partial charge in [-0.3, -0.25) is 4.79 Å². The second kappa shape index (κ2) is 5.26. The van der Waals surface area contributed by atoms with Crippen molar-refractivity contribution >= 4 is 23.6 Å². The van der Waals surface area contributed by atoms with Gasteiger partial charge >= 0.3 is 5.97 Å². The largest absolute Gasteiger partial charge is 0.480 e. The molecule has 0 saturated carbocycles. The Kier molecular flexibility index (Phi) is 4.25. The minimum atomic E-state index is -0.957. The van der Waals surface area contributed by atoms with Crippen LogP contribution in [0, 0.1) is 17.8 Å². The molecule has 16 heavy (non-hydrogen) atoms. The summed E-state index contributed by atoms with van der Waals surface area (Å²) in [5, 5.41) is 8.96. The number of hydrogen-bond donors (Lipinski definition) is 1. The van der Waals surface area contributed by atoms with Crippen LogP contribution in [-0.2, 0) is 9.59 Å². The second-order valence-electron chi connectivity index (χ2n) is 3.91. The molecule has 1 rings (SSSR count). The normalized spacial score (nSPS) is 24.1. The first-order valence-corrected chi connectivity index (χ1v) is 6.13. The Bertz CT molecular complexity index is 356. The highest BCUT2D eigenvalue weighted by atomic mass is 32.2. The lowest BCUT2D eigenvalue weighted by atomic mass is 10.1. The van der Waals surface area contributed by atoms with Gasteiger partial charge in [-0.25, -0.2) is 4.79 Å². The molecule has 1 saturated heterocycles. The van der Waals surface area contributed by atoms with Crippen LogP contribution in [0.1, 0.15) is 20.8 Å². The van der Waals surface area contributed by atoms with E-state index in [1.165, 1.54) is 16.7 Å². The molecule has 88 valence electrons. The fourth-order valence-corrected chi connectivity index (χ4v) is 3.13. The van der Waals surface area contributed by atoms with E-state index in [2.05, 4.69) is 11.8 Å². The van der Waals surface area contributed by atoms with Crippen LogP contribution >= 0.6 is 11.8 Å². The van der Waals surface area contributed by atoms with Crippen molar-refractivity contribution in [2.24, 2.45) is 5.92 Å². The van der Waals surface area contributed by atoms with Gasteiger partial charge in [0.05, 0.1) is 5.37 Å². The molecule has 1 aliphatic heterocycles. The molecule has 5 heteroatoms. The number of carboxylic acid groups (broad SMARTS) is 1. The third-order valence-corrected chi connectivity index (χ3v) is 3.98. The molecule has 1 N–H and O–H groups in total. The number of carboxylic acids is 1. The maximum absolute atomic E-state index is 11.8. The van der Waals surface area contributed by atoms with E-state index in [0.29, 0.717) is 5.75 Å². The maximum Gasteiger partial charge on any atom is 0.327 e. The molecule has 1 amide bonds. The lowest BCUT2D eigenvalue weighted by Gasteiger charge is -2.27. The molecule has 0 aromatic carbocycles. The van der Waals surface area contributed by atoms with Crippen molar-refractivity contribution in [2.75, 3.05) is 5.75 Å². The Hall–Kier alpha value is -1.15. The average molecular weight is 241 g/mol. The van der Waals surface area contributed by atoms with Crippen LogP contribution in [-0.4, -0.2) is 39.1 Å². The van der Waals surface area contributed by atoms with Crippen molar-refractivity contribution in [1.29, 1.82) is 0 Å². The van der Waals surface area contributed by atoms with Crippen LogP contribution in [0.25, 0.3) is 0 Å². The number of hydrogen-bond acceptors (Lipinski definition) is 3. The summed E-state index contributed by atoms with van der Waals surface area (Å²) in [6.45, 7) is 5.52. The lowest BCUT2D eigenvalue weighted by molar-refractivity contribution is -0.147. The van der Waals surface area contributed by atoms with Crippen LogP contribution < -0.4 is 0 Å². The van der Waals surface area contributed by atoms with Gasteiger partial charge in [-0.05, 0) is 18.8 Å². The minimum Gasteiger partial charge on any atom is -0.480 e. The highest BCUT2D eigenvalue weighted by Gasteiger charge is 2.42. The SMILES string of the molecule is CC#CC(=O)N1C(C(=O)O)CSC1C(C)C. The summed E-state index contributed by atoms with van der Waals surface area (Å²) >= 11 is 1.51. The minimum absolute atomic E-state index is 0.0885. The molecule has 0 aliphatic carbocycles. The average Bonchev–Trinajstić information content (AvgIpc) is 2.61. The van der Waals surface area contributed by atoms with Crippen molar-refractivity contribution in [3.8, 4) is 11.8 Å². The Morgan fingerprint density at radius 1 is 1.50 bits per heavy atom. The second-order valence-corrected chi connectivity index (χ2v) is 5.06. The van der Waals surface area contributed by atoms with E-state index in [-0.39, 0.29) is 11.3 Å². The number of carbonyl (C=O) groups excluding carboxylic acids is 1. The first-order chi connectivity index (χ1) is 7.49. The van der Waals surface area contributed by atoms with Crippen LogP contribution in [0.5, 0.6) is 0 Å². The van der Waals surface area contributed by atoms with E-state index in [9.17, 15) is 9.59 Å². The van der Waals surface area contributed by atoms with E-state index in [1.807, 2.05) is 13.8 Å². The first-order valence-electron chi connectivity index (χ1n) is 5.08. The molecule has 2 atom stereocenters. The summed E-state index contributed by atoms with van der Waals surface area (Å²) in [4.78, 5) is 24.2. The molecule has 1 fully saturated rings. The zero-order valence-electron chi connectivity index (χ0n) is 9.56. The van der Waals surface area contributed by atoms with Crippen molar-refractivity contribution in [3.63, 3.8) is 0 Å². The van der Waals surface area contributed by atoms with Crippen LogP contribution in [0.3, 0.4) is 0 Å². The summed E-state index contributed by atoms with van der Waals surface area (Å²) in [5.41, 5.74) is 0. The number of carbonyl (C=O) groups is 2. The molecule has 0 bridgehead atoms. The van der Waals surface area contributed by atoms with Crippen molar-refractivity contribution in [2.45, 2.75) is 32.2 Å². The van der Waals surface area contributed by atoms with Crippen molar-refractivity contribution in [1.82, 2.24) is 4.90 Å². The third kappa shape index (κ3) is 2.50. The first kappa shape index (κ1) is 12.9. The summed E-state index contributed by atoms with van der Waals surface area (Å²) in [6, 6.07) is -0.745. The van der Waals surface area contributed by atoms with E-state index < -0.39 is 17.9 Å². The third-order valence-electron chi connectivity index (χ3n) is 2.36. The predicted octanol–water partition coefficient (Wildman–Crippen LogP) is 1.02.